The topological polar surface area (TPSA) is 54.9 Å². The first-order valence-corrected chi connectivity index (χ1v) is 5.81. The Kier molecular flexibility index (Phi) is 3.43. The highest BCUT2D eigenvalue weighted by Gasteiger charge is 2.09. The van der Waals surface area contributed by atoms with Crippen LogP contribution in [-0.4, -0.2) is 15.5 Å². The van der Waals surface area contributed by atoms with Crippen molar-refractivity contribution in [2.45, 2.75) is 13.5 Å². The molecule has 1 amide bonds. The van der Waals surface area contributed by atoms with E-state index in [0.29, 0.717) is 0 Å². The van der Waals surface area contributed by atoms with E-state index in [1.165, 1.54) is 12.1 Å². The lowest BCUT2D eigenvalue weighted by molar-refractivity contribution is 0.0946. The van der Waals surface area contributed by atoms with E-state index >= 15 is 0 Å². The molecule has 88 valence electrons. The second-order valence-electron chi connectivity index (χ2n) is 3.54. The normalized spacial score (nSPS) is 10.2. The zero-order valence-electron chi connectivity index (χ0n) is 9.11. The van der Waals surface area contributed by atoms with Crippen LogP contribution < -0.4 is 5.32 Å². The van der Waals surface area contributed by atoms with Gasteiger partial charge < -0.3 is 5.32 Å². The molecule has 0 unspecified atom stereocenters. The van der Waals surface area contributed by atoms with Crippen LogP contribution in [0.4, 0.5) is 4.39 Å². The molecule has 0 radical (unpaired) electrons. The van der Waals surface area contributed by atoms with E-state index in [1.807, 2.05) is 6.92 Å². The van der Waals surface area contributed by atoms with Gasteiger partial charge in [0.15, 0.2) is 5.69 Å². The van der Waals surface area contributed by atoms with E-state index in [2.05, 4.69) is 14.9 Å². The maximum absolute atomic E-state index is 13.0. The summed E-state index contributed by atoms with van der Waals surface area (Å²) in [4.78, 5) is 11.6. The summed E-state index contributed by atoms with van der Waals surface area (Å²) in [5.41, 5.74) is 1.97. The Labute approximate surface area is 102 Å². The molecule has 0 saturated heterocycles. The van der Waals surface area contributed by atoms with Crippen LogP contribution in [0.25, 0.3) is 0 Å². The summed E-state index contributed by atoms with van der Waals surface area (Å²) < 4.78 is 16.6. The Morgan fingerprint density at radius 2 is 2.35 bits per heavy atom. The Morgan fingerprint density at radius 3 is 3.06 bits per heavy atom. The molecule has 17 heavy (non-hydrogen) atoms. The van der Waals surface area contributed by atoms with Crippen molar-refractivity contribution in [1.82, 2.24) is 14.9 Å². The monoisotopic (exact) mass is 251 g/mol. The van der Waals surface area contributed by atoms with Crippen molar-refractivity contribution in [3.05, 3.63) is 46.2 Å². The predicted molar refractivity (Wildman–Crippen MR) is 62.2 cm³/mol. The molecule has 1 aromatic heterocycles. The van der Waals surface area contributed by atoms with Crippen molar-refractivity contribution < 1.29 is 9.18 Å². The van der Waals surface area contributed by atoms with Gasteiger partial charge in [0.2, 0.25) is 0 Å². The third-order valence-electron chi connectivity index (χ3n) is 2.34. The Hall–Kier alpha value is -1.82. The molecule has 0 bridgehead atoms. The number of aromatic nitrogens is 2. The summed E-state index contributed by atoms with van der Waals surface area (Å²) in [6.45, 7) is 2.14. The highest BCUT2D eigenvalue weighted by Crippen LogP contribution is 2.10. The van der Waals surface area contributed by atoms with Crippen LogP contribution in [0, 0.1) is 12.7 Å². The smallest absolute Gasteiger partial charge is 0.273 e. The molecule has 0 fully saturated rings. The van der Waals surface area contributed by atoms with Gasteiger partial charge in [-0.05, 0) is 41.7 Å². The number of aryl methyl sites for hydroxylation is 1. The minimum atomic E-state index is -0.310. The van der Waals surface area contributed by atoms with Crippen molar-refractivity contribution in [3.63, 3.8) is 0 Å². The third-order valence-corrected chi connectivity index (χ3v) is 2.85. The lowest BCUT2D eigenvalue weighted by atomic mass is 10.1. The first kappa shape index (κ1) is 11.7. The number of halogens is 1. The number of rotatable bonds is 3. The molecule has 1 heterocycles. The molecule has 0 atom stereocenters. The number of nitrogens with zero attached hydrogens (tertiary/aromatic N) is 2. The fraction of sp³-hybridized carbons (Fsp3) is 0.182. The van der Waals surface area contributed by atoms with Crippen LogP contribution in [0.1, 0.15) is 21.6 Å². The molecule has 1 N–H and O–H groups in total. The first-order chi connectivity index (χ1) is 8.16. The highest BCUT2D eigenvalue weighted by molar-refractivity contribution is 7.03. The van der Waals surface area contributed by atoms with Crippen molar-refractivity contribution in [1.29, 1.82) is 0 Å². The van der Waals surface area contributed by atoms with E-state index in [0.717, 1.165) is 22.7 Å². The van der Waals surface area contributed by atoms with E-state index < -0.39 is 0 Å². The summed E-state index contributed by atoms with van der Waals surface area (Å²) >= 11 is 1.11. The summed E-state index contributed by atoms with van der Waals surface area (Å²) in [7, 11) is 0. The van der Waals surface area contributed by atoms with E-state index in [4.69, 9.17) is 0 Å². The van der Waals surface area contributed by atoms with Gasteiger partial charge in [-0.15, -0.1) is 5.10 Å². The van der Waals surface area contributed by atoms with Crippen molar-refractivity contribution >= 4 is 17.4 Å². The predicted octanol–water partition coefficient (Wildman–Crippen LogP) is 1.92. The number of nitrogens with one attached hydrogen (secondary N) is 1. The standard InChI is InChI=1S/C11H10FN3OS/c1-7-2-3-9(12)4-8(7)5-13-11(16)10-6-17-15-14-10/h2-4,6H,5H2,1H3,(H,13,16). The molecule has 4 nitrogen and oxygen atoms in total. The molecule has 0 spiro atoms. The third kappa shape index (κ3) is 2.85. The van der Waals surface area contributed by atoms with Gasteiger partial charge in [0.05, 0.1) is 0 Å². The van der Waals surface area contributed by atoms with Crippen molar-refractivity contribution in [2.75, 3.05) is 0 Å². The minimum absolute atomic E-state index is 0.278. The Bertz CT molecular complexity index is 528. The molecular formula is C11H10FN3OS. The average Bonchev–Trinajstić information content (AvgIpc) is 2.83. The van der Waals surface area contributed by atoms with Crippen molar-refractivity contribution in [3.8, 4) is 0 Å². The molecule has 2 aromatic rings. The Morgan fingerprint density at radius 1 is 1.53 bits per heavy atom. The van der Waals surface area contributed by atoms with Crippen LogP contribution in [0.3, 0.4) is 0 Å². The fourth-order valence-electron chi connectivity index (χ4n) is 1.36. The maximum atomic E-state index is 13.0. The van der Waals surface area contributed by atoms with Gasteiger partial charge in [-0.2, -0.15) is 0 Å². The first-order valence-electron chi connectivity index (χ1n) is 4.97. The fourth-order valence-corrected chi connectivity index (χ4v) is 1.80. The highest BCUT2D eigenvalue weighted by atomic mass is 32.1. The van der Waals surface area contributed by atoms with Gasteiger partial charge in [0, 0.05) is 11.9 Å². The van der Waals surface area contributed by atoms with E-state index in [-0.39, 0.29) is 24.0 Å². The van der Waals surface area contributed by atoms with Crippen LogP contribution in [-0.2, 0) is 6.54 Å². The second kappa shape index (κ2) is 5.01. The second-order valence-corrected chi connectivity index (χ2v) is 4.15. The van der Waals surface area contributed by atoms with Crippen LogP contribution in [0.15, 0.2) is 23.6 Å². The molecule has 2 rings (SSSR count). The van der Waals surface area contributed by atoms with Crippen LogP contribution >= 0.6 is 11.5 Å². The number of hydrogen-bond acceptors (Lipinski definition) is 4. The van der Waals surface area contributed by atoms with Crippen LogP contribution in [0.5, 0.6) is 0 Å². The lowest BCUT2D eigenvalue weighted by Gasteiger charge is -2.06. The Balaban J connectivity index is 2.03. The average molecular weight is 251 g/mol. The molecule has 1 aromatic carbocycles. The quantitative estimate of drug-likeness (QED) is 0.906. The largest absolute Gasteiger partial charge is 0.347 e. The van der Waals surface area contributed by atoms with E-state index in [1.54, 1.807) is 11.4 Å². The summed E-state index contributed by atoms with van der Waals surface area (Å²) in [5.74, 6) is -0.613. The molecular weight excluding hydrogens is 241 g/mol. The molecule has 0 saturated carbocycles. The van der Waals surface area contributed by atoms with E-state index in [9.17, 15) is 9.18 Å². The van der Waals surface area contributed by atoms with Gasteiger partial charge in [0.25, 0.3) is 5.91 Å². The maximum Gasteiger partial charge on any atom is 0.273 e. The number of benzene rings is 1. The van der Waals surface area contributed by atoms with Gasteiger partial charge in [0.1, 0.15) is 5.82 Å². The van der Waals surface area contributed by atoms with Crippen LogP contribution in [0.2, 0.25) is 0 Å². The molecule has 6 heteroatoms. The zero-order chi connectivity index (χ0) is 12.3. The number of amides is 1. The van der Waals surface area contributed by atoms with Gasteiger partial charge in [-0.1, -0.05) is 10.6 Å². The molecule has 0 aliphatic carbocycles. The summed E-state index contributed by atoms with van der Waals surface area (Å²) in [5, 5.41) is 7.88. The van der Waals surface area contributed by atoms with Crippen molar-refractivity contribution in [2.24, 2.45) is 0 Å². The van der Waals surface area contributed by atoms with Gasteiger partial charge >= 0.3 is 0 Å². The van der Waals surface area contributed by atoms with Gasteiger partial charge in [-0.3, -0.25) is 4.79 Å². The number of hydrogen-bond donors (Lipinski definition) is 1. The van der Waals surface area contributed by atoms with Gasteiger partial charge in [-0.25, -0.2) is 4.39 Å². The SMILES string of the molecule is Cc1ccc(F)cc1CNC(=O)c1csnn1. The summed E-state index contributed by atoms with van der Waals surface area (Å²) in [6.07, 6.45) is 0. The molecule has 0 aliphatic rings. The number of carbonyl (C=O) groups is 1. The summed E-state index contributed by atoms with van der Waals surface area (Å²) in [6, 6.07) is 4.49. The molecule has 0 aliphatic heterocycles. The number of carbonyl (C=O) groups excluding carboxylic acids is 1. The lowest BCUT2D eigenvalue weighted by Crippen LogP contribution is -2.23. The zero-order valence-corrected chi connectivity index (χ0v) is 9.92. The minimum Gasteiger partial charge on any atom is -0.347 e.